The van der Waals surface area contributed by atoms with Crippen LogP contribution in [0.5, 0.6) is 0 Å². The van der Waals surface area contributed by atoms with E-state index in [0.29, 0.717) is 23.7 Å². The van der Waals surface area contributed by atoms with Crippen LogP contribution in [-0.2, 0) is 0 Å². The van der Waals surface area contributed by atoms with E-state index in [9.17, 15) is 9.18 Å². The largest absolute Gasteiger partial charge is 0.396 e. The summed E-state index contributed by atoms with van der Waals surface area (Å²) >= 11 is 1.45. The van der Waals surface area contributed by atoms with Gasteiger partial charge in [0.2, 0.25) is 0 Å². The van der Waals surface area contributed by atoms with E-state index in [1.807, 2.05) is 6.07 Å². The number of rotatable bonds is 4. The van der Waals surface area contributed by atoms with E-state index in [1.165, 1.54) is 23.5 Å². The monoisotopic (exact) mass is 343 g/mol. The number of hydrogen-bond acceptors (Lipinski definition) is 5. The average Bonchev–Trinajstić information content (AvgIpc) is 2.99. The van der Waals surface area contributed by atoms with Crippen molar-refractivity contribution in [1.29, 1.82) is 0 Å². The van der Waals surface area contributed by atoms with Gasteiger partial charge in [-0.2, -0.15) is 0 Å². The molecule has 2 aromatic carbocycles. The fourth-order valence-electron chi connectivity index (χ4n) is 2.90. The van der Waals surface area contributed by atoms with E-state index in [2.05, 4.69) is 15.3 Å². The molecule has 0 aliphatic carbocycles. The molecule has 0 radical (unpaired) electrons. The van der Waals surface area contributed by atoms with Crippen LogP contribution in [0, 0.1) is 5.82 Å². The van der Waals surface area contributed by atoms with E-state index >= 15 is 0 Å². The predicted octanol–water partition coefficient (Wildman–Crippen LogP) is 3.22. The van der Waals surface area contributed by atoms with Crippen molar-refractivity contribution in [2.75, 3.05) is 18.5 Å². The molecular weight excluding hydrogens is 329 g/mol. The Kier molecular flexibility index (Phi) is 3.66. The molecule has 0 saturated carbocycles. The van der Waals surface area contributed by atoms with Gasteiger partial charge in [-0.3, -0.25) is 4.79 Å². The fraction of sp³-hybridized carbons (Fsp3) is 0.176. The van der Waals surface area contributed by atoms with E-state index in [1.54, 1.807) is 12.3 Å². The summed E-state index contributed by atoms with van der Waals surface area (Å²) in [4.78, 5) is 19.6. The number of H-pyrrole nitrogens is 1. The lowest BCUT2D eigenvalue weighted by molar-refractivity contribution is 0.292. The Bertz CT molecular complexity index is 1120. The first-order valence-corrected chi connectivity index (χ1v) is 8.38. The van der Waals surface area contributed by atoms with Crippen molar-refractivity contribution in [3.8, 4) is 0 Å². The topological polar surface area (TPSA) is 78.0 Å². The summed E-state index contributed by atoms with van der Waals surface area (Å²) in [7, 11) is 0. The van der Waals surface area contributed by atoms with Gasteiger partial charge in [-0.15, -0.1) is 0 Å². The van der Waals surface area contributed by atoms with Crippen LogP contribution in [0.25, 0.3) is 31.8 Å². The summed E-state index contributed by atoms with van der Waals surface area (Å²) in [6, 6.07) is 6.24. The Hall–Kier alpha value is -2.51. The molecule has 4 rings (SSSR count). The number of aromatic amines is 1. The number of nitrogens with zero attached hydrogens (tertiary/aromatic N) is 1. The normalized spacial score (nSPS) is 11.6. The summed E-state index contributed by atoms with van der Waals surface area (Å²) in [6.07, 6.45) is 2.22. The van der Waals surface area contributed by atoms with Crippen molar-refractivity contribution in [3.05, 3.63) is 46.6 Å². The Morgan fingerprint density at radius 3 is 2.96 bits per heavy atom. The number of benzene rings is 2. The van der Waals surface area contributed by atoms with Gasteiger partial charge in [-0.25, -0.2) is 9.37 Å². The zero-order chi connectivity index (χ0) is 16.7. The number of aromatic nitrogens is 2. The third-order valence-corrected chi connectivity index (χ3v) is 5.00. The highest BCUT2D eigenvalue weighted by Gasteiger charge is 2.15. The maximum atomic E-state index is 13.7. The van der Waals surface area contributed by atoms with Crippen LogP contribution in [0.4, 0.5) is 9.52 Å². The molecule has 122 valence electrons. The zero-order valence-corrected chi connectivity index (χ0v) is 13.4. The number of thiazole rings is 1. The van der Waals surface area contributed by atoms with Crippen molar-refractivity contribution < 1.29 is 9.50 Å². The molecule has 24 heavy (non-hydrogen) atoms. The lowest BCUT2D eigenvalue weighted by atomic mass is 10.0. The molecule has 0 aliphatic heterocycles. The number of hydrogen-bond donors (Lipinski definition) is 3. The number of fused-ring (bicyclic) bond motifs is 6. The van der Waals surface area contributed by atoms with Crippen molar-refractivity contribution in [2.24, 2.45) is 0 Å². The first-order chi connectivity index (χ1) is 11.7. The maximum absolute atomic E-state index is 13.7. The van der Waals surface area contributed by atoms with E-state index in [-0.39, 0.29) is 18.0 Å². The minimum absolute atomic E-state index is 0.110. The van der Waals surface area contributed by atoms with Gasteiger partial charge in [0.15, 0.2) is 5.13 Å². The third-order valence-electron chi connectivity index (χ3n) is 3.95. The van der Waals surface area contributed by atoms with Gasteiger partial charge in [0.1, 0.15) is 5.82 Å². The van der Waals surface area contributed by atoms with Crippen LogP contribution in [0.2, 0.25) is 0 Å². The molecule has 0 unspecified atom stereocenters. The van der Waals surface area contributed by atoms with Crippen LogP contribution in [0.3, 0.4) is 0 Å². The van der Waals surface area contributed by atoms with Crippen molar-refractivity contribution in [1.82, 2.24) is 9.97 Å². The van der Waals surface area contributed by atoms with Crippen molar-refractivity contribution in [3.63, 3.8) is 0 Å². The predicted molar refractivity (Wildman–Crippen MR) is 95.4 cm³/mol. The van der Waals surface area contributed by atoms with Crippen molar-refractivity contribution in [2.45, 2.75) is 6.42 Å². The van der Waals surface area contributed by atoms with Crippen LogP contribution < -0.4 is 10.9 Å². The highest BCUT2D eigenvalue weighted by molar-refractivity contribution is 7.23. The number of pyridine rings is 1. The molecule has 3 N–H and O–H groups in total. The smallest absolute Gasteiger partial charge is 0.256 e. The van der Waals surface area contributed by atoms with E-state index in [4.69, 9.17) is 5.11 Å². The quantitative estimate of drug-likeness (QED) is 0.393. The third kappa shape index (κ3) is 2.33. The minimum atomic E-state index is -0.386. The van der Waals surface area contributed by atoms with Crippen LogP contribution >= 0.6 is 11.3 Å². The molecule has 5 nitrogen and oxygen atoms in total. The molecule has 2 heterocycles. The molecule has 0 spiro atoms. The van der Waals surface area contributed by atoms with Crippen LogP contribution in [0.15, 0.2) is 35.3 Å². The van der Waals surface area contributed by atoms with Gasteiger partial charge < -0.3 is 15.4 Å². The second kappa shape index (κ2) is 5.85. The molecule has 0 saturated heterocycles. The molecule has 0 fully saturated rings. The zero-order valence-electron chi connectivity index (χ0n) is 12.6. The molecule has 0 amide bonds. The second-order valence-corrected chi connectivity index (χ2v) is 6.49. The van der Waals surface area contributed by atoms with Gasteiger partial charge >= 0.3 is 0 Å². The van der Waals surface area contributed by atoms with Crippen LogP contribution in [0.1, 0.15) is 6.42 Å². The van der Waals surface area contributed by atoms with Gasteiger partial charge in [-0.05, 0) is 30.7 Å². The number of anilines is 1. The van der Waals surface area contributed by atoms with E-state index in [0.717, 1.165) is 26.1 Å². The van der Waals surface area contributed by atoms with Gasteiger partial charge in [-0.1, -0.05) is 11.3 Å². The minimum Gasteiger partial charge on any atom is -0.396 e. The molecule has 7 heteroatoms. The van der Waals surface area contributed by atoms with Gasteiger partial charge in [0.25, 0.3) is 5.56 Å². The standard InChI is InChI=1S/C17H14FN3O2S/c18-9-2-3-10-12(8-9)13-11(4-6-19-16(13)23)15-14(10)21-17(24-15)20-5-1-7-22/h2-4,6,8,22H,1,5,7H2,(H,19,23)(H,20,21). The first-order valence-electron chi connectivity index (χ1n) is 7.57. The van der Waals surface area contributed by atoms with E-state index < -0.39 is 0 Å². The second-order valence-electron chi connectivity index (χ2n) is 5.49. The Morgan fingerprint density at radius 1 is 1.25 bits per heavy atom. The van der Waals surface area contributed by atoms with Gasteiger partial charge in [0, 0.05) is 35.5 Å². The summed E-state index contributed by atoms with van der Waals surface area (Å²) < 4.78 is 14.6. The Labute approximate surface area is 139 Å². The Morgan fingerprint density at radius 2 is 2.12 bits per heavy atom. The molecule has 2 aromatic heterocycles. The molecule has 0 aliphatic rings. The summed E-state index contributed by atoms with van der Waals surface area (Å²) in [5, 5.41) is 15.3. The fourth-order valence-corrected chi connectivity index (χ4v) is 3.94. The maximum Gasteiger partial charge on any atom is 0.256 e. The highest BCUT2D eigenvalue weighted by atomic mass is 32.1. The highest BCUT2D eigenvalue weighted by Crippen LogP contribution is 2.38. The lowest BCUT2D eigenvalue weighted by Crippen LogP contribution is -2.05. The number of nitrogens with one attached hydrogen (secondary N) is 2. The van der Waals surface area contributed by atoms with Crippen molar-refractivity contribution >= 4 is 48.2 Å². The summed E-state index contributed by atoms with van der Waals surface area (Å²) in [6.45, 7) is 0.722. The number of aliphatic hydroxyl groups excluding tert-OH is 1. The first kappa shape index (κ1) is 15.0. The van der Waals surface area contributed by atoms with Gasteiger partial charge in [0.05, 0.1) is 15.6 Å². The average molecular weight is 343 g/mol. The molecule has 0 bridgehead atoms. The lowest BCUT2D eigenvalue weighted by Gasteiger charge is -2.05. The van der Waals surface area contributed by atoms with Crippen LogP contribution in [-0.4, -0.2) is 28.2 Å². The number of halogens is 1. The Balaban J connectivity index is 2.08. The molecule has 4 aromatic rings. The molecule has 0 atom stereocenters. The molecular formula is C17H14FN3O2S. The SMILES string of the molecule is O=c1[nH]ccc2c3sc(NCCCO)nc3c3ccc(F)cc3c12. The summed E-state index contributed by atoms with van der Waals surface area (Å²) in [5.74, 6) is -0.386. The number of aliphatic hydroxyl groups is 1. The summed E-state index contributed by atoms with van der Waals surface area (Å²) in [5.41, 5.74) is 0.507.